The molecule has 1 aliphatic heterocycles. The number of anilines is 1. The van der Waals surface area contributed by atoms with Crippen molar-refractivity contribution in [3.05, 3.63) is 58.0 Å². The van der Waals surface area contributed by atoms with Gasteiger partial charge in [0.05, 0.1) is 28.5 Å². The molecule has 6 nitrogen and oxygen atoms in total. The van der Waals surface area contributed by atoms with Crippen LogP contribution < -0.4 is 13.8 Å². The van der Waals surface area contributed by atoms with Gasteiger partial charge < -0.3 is 8.92 Å². The maximum atomic E-state index is 12.9. The molecular formula is C19H16ClNO5S3. The lowest BCUT2D eigenvalue weighted by Gasteiger charge is -2.14. The number of thioether (sulfide) groups is 1. The van der Waals surface area contributed by atoms with Crippen LogP contribution in [0.4, 0.5) is 5.69 Å². The van der Waals surface area contributed by atoms with Gasteiger partial charge in [-0.3, -0.25) is 9.69 Å². The largest absolute Gasteiger partial charge is 0.490 e. The molecule has 0 atom stereocenters. The minimum absolute atomic E-state index is 0.0474. The number of carbonyl (C=O) groups excluding carboxylic acids is 1. The van der Waals surface area contributed by atoms with E-state index >= 15 is 0 Å². The first-order valence-electron chi connectivity index (χ1n) is 8.38. The van der Waals surface area contributed by atoms with E-state index in [2.05, 4.69) is 0 Å². The van der Waals surface area contributed by atoms with Gasteiger partial charge in [0.2, 0.25) is 5.75 Å². The van der Waals surface area contributed by atoms with E-state index in [0.717, 1.165) is 6.26 Å². The van der Waals surface area contributed by atoms with Crippen LogP contribution in [0.25, 0.3) is 6.08 Å². The van der Waals surface area contributed by atoms with E-state index in [4.69, 9.17) is 32.7 Å². The zero-order valence-corrected chi connectivity index (χ0v) is 18.6. The van der Waals surface area contributed by atoms with Crippen molar-refractivity contribution in [3.63, 3.8) is 0 Å². The molecule has 1 amide bonds. The molecule has 2 aromatic carbocycles. The molecule has 0 aliphatic carbocycles. The van der Waals surface area contributed by atoms with Crippen molar-refractivity contribution >= 4 is 67.7 Å². The number of hydrogen-bond donors (Lipinski definition) is 0. The molecule has 0 bridgehead atoms. The predicted molar refractivity (Wildman–Crippen MR) is 120 cm³/mol. The average molecular weight is 470 g/mol. The monoisotopic (exact) mass is 469 g/mol. The maximum absolute atomic E-state index is 12.9. The lowest BCUT2D eigenvalue weighted by atomic mass is 10.1. The quantitative estimate of drug-likeness (QED) is 0.350. The molecule has 0 radical (unpaired) electrons. The Morgan fingerprint density at radius 1 is 1.24 bits per heavy atom. The molecule has 1 heterocycles. The minimum Gasteiger partial charge on any atom is -0.490 e. The summed E-state index contributed by atoms with van der Waals surface area (Å²) in [6, 6.07) is 12.2. The van der Waals surface area contributed by atoms with Crippen molar-refractivity contribution in [2.75, 3.05) is 17.8 Å². The van der Waals surface area contributed by atoms with Crippen LogP contribution in [0.1, 0.15) is 12.5 Å². The van der Waals surface area contributed by atoms with E-state index < -0.39 is 10.1 Å². The van der Waals surface area contributed by atoms with Crippen molar-refractivity contribution in [2.24, 2.45) is 0 Å². The standard InChI is InChI=1S/C19H16ClNO5S3/c1-3-25-15-10-12(9-14(20)17(15)26-29(2,23)24)11-16-18(22)21(19(27)28-16)13-7-5-4-6-8-13/h4-11H,3H2,1-2H3/b16-11+. The molecule has 29 heavy (non-hydrogen) atoms. The summed E-state index contributed by atoms with van der Waals surface area (Å²) in [6.45, 7) is 2.02. The number of thiocarbonyl (C=S) groups is 1. The fourth-order valence-corrected chi connectivity index (χ4v) is 4.66. The van der Waals surface area contributed by atoms with E-state index in [9.17, 15) is 13.2 Å². The number of halogens is 1. The van der Waals surface area contributed by atoms with Gasteiger partial charge in [0.1, 0.15) is 0 Å². The molecule has 0 spiro atoms. The van der Waals surface area contributed by atoms with Crippen molar-refractivity contribution < 1.29 is 22.1 Å². The molecule has 0 unspecified atom stereocenters. The van der Waals surface area contributed by atoms with E-state index in [0.29, 0.717) is 20.5 Å². The van der Waals surface area contributed by atoms with Gasteiger partial charge in [0.25, 0.3) is 5.91 Å². The molecule has 10 heteroatoms. The van der Waals surface area contributed by atoms with Crippen LogP contribution in [-0.4, -0.2) is 31.5 Å². The van der Waals surface area contributed by atoms with Gasteiger partial charge in [-0.15, -0.1) is 0 Å². The summed E-state index contributed by atoms with van der Waals surface area (Å²) in [5.74, 6) is -0.183. The van der Waals surface area contributed by atoms with Crippen molar-refractivity contribution in [3.8, 4) is 11.5 Å². The number of para-hydroxylation sites is 1. The molecule has 0 saturated carbocycles. The second-order valence-electron chi connectivity index (χ2n) is 5.90. The topological polar surface area (TPSA) is 72.9 Å². The Morgan fingerprint density at radius 2 is 1.93 bits per heavy atom. The molecule has 3 rings (SSSR count). The minimum atomic E-state index is -3.79. The Hall–Kier alpha value is -2.07. The molecular weight excluding hydrogens is 454 g/mol. The SMILES string of the molecule is CCOc1cc(/C=C2/SC(=S)N(c3ccccc3)C2=O)cc(Cl)c1OS(C)(=O)=O. The molecule has 2 aromatic rings. The fourth-order valence-electron chi connectivity index (χ4n) is 2.59. The number of rotatable bonds is 6. The Kier molecular flexibility index (Phi) is 6.52. The van der Waals surface area contributed by atoms with E-state index in [1.54, 1.807) is 31.2 Å². The highest BCUT2D eigenvalue weighted by molar-refractivity contribution is 8.27. The average Bonchev–Trinajstić information content (AvgIpc) is 2.91. The highest BCUT2D eigenvalue weighted by Crippen LogP contribution is 2.40. The van der Waals surface area contributed by atoms with Gasteiger partial charge in [-0.2, -0.15) is 8.42 Å². The highest BCUT2D eigenvalue weighted by Gasteiger charge is 2.33. The highest BCUT2D eigenvalue weighted by atomic mass is 35.5. The molecule has 0 N–H and O–H groups in total. The van der Waals surface area contributed by atoms with E-state index in [1.807, 2.05) is 18.2 Å². The van der Waals surface area contributed by atoms with Gasteiger partial charge in [-0.05, 0) is 42.8 Å². The first-order chi connectivity index (χ1) is 13.7. The number of carbonyl (C=O) groups is 1. The molecule has 1 fully saturated rings. The lowest BCUT2D eigenvalue weighted by Crippen LogP contribution is -2.27. The Morgan fingerprint density at radius 3 is 2.55 bits per heavy atom. The number of amides is 1. The maximum Gasteiger partial charge on any atom is 0.306 e. The van der Waals surface area contributed by atoms with Gasteiger partial charge in [-0.25, -0.2) is 0 Å². The normalized spacial score (nSPS) is 15.8. The summed E-state index contributed by atoms with van der Waals surface area (Å²) >= 11 is 12.7. The van der Waals surface area contributed by atoms with Crippen LogP contribution >= 0.6 is 35.6 Å². The first-order valence-corrected chi connectivity index (χ1v) is 11.8. The number of ether oxygens (including phenoxy) is 1. The van der Waals surface area contributed by atoms with Gasteiger partial charge in [-0.1, -0.05) is 53.8 Å². The molecule has 1 saturated heterocycles. The smallest absolute Gasteiger partial charge is 0.306 e. The number of hydrogen-bond acceptors (Lipinski definition) is 7. The summed E-state index contributed by atoms with van der Waals surface area (Å²) in [6.07, 6.45) is 2.54. The second kappa shape index (κ2) is 8.74. The Labute approximate surface area is 183 Å². The van der Waals surface area contributed by atoms with Crippen LogP contribution in [-0.2, 0) is 14.9 Å². The number of benzene rings is 2. The summed E-state index contributed by atoms with van der Waals surface area (Å²) < 4.78 is 33.9. The first kappa shape index (κ1) is 21.6. The third-order valence-corrected chi connectivity index (χ3v) is 5.72. The third-order valence-electron chi connectivity index (χ3n) is 3.67. The fraction of sp³-hybridized carbons (Fsp3) is 0.158. The summed E-state index contributed by atoms with van der Waals surface area (Å²) in [5, 5.41) is 0.0474. The van der Waals surface area contributed by atoms with Crippen LogP contribution in [0.2, 0.25) is 5.02 Å². The third kappa shape index (κ3) is 5.11. The van der Waals surface area contributed by atoms with Crippen molar-refractivity contribution in [1.29, 1.82) is 0 Å². The molecule has 0 aromatic heterocycles. The van der Waals surface area contributed by atoms with Gasteiger partial charge in [0, 0.05) is 0 Å². The van der Waals surface area contributed by atoms with Crippen molar-refractivity contribution in [1.82, 2.24) is 0 Å². The van der Waals surface area contributed by atoms with E-state index in [-0.39, 0.29) is 29.0 Å². The zero-order valence-electron chi connectivity index (χ0n) is 15.4. The summed E-state index contributed by atoms with van der Waals surface area (Å²) in [5.41, 5.74) is 1.23. The molecule has 1 aliphatic rings. The van der Waals surface area contributed by atoms with Crippen LogP contribution in [0, 0.1) is 0 Å². The van der Waals surface area contributed by atoms with Crippen LogP contribution in [0.3, 0.4) is 0 Å². The van der Waals surface area contributed by atoms with Crippen LogP contribution in [0.5, 0.6) is 11.5 Å². The zero-order chi connectivity index (χ0) is 21.2. The lowest BCUT2D eigenvalue weighted by molar-refractivity contribution is -0.113. The Bertz CT molecular complexity index is 1100. The summed E-state index contributed by atoms with van der Waals surface area (Å²) in [4.78, 5) is 14.7. The second-order valence-corrected chi connectivity index (χ2v) is 9.56. The van der Waals surface area contributed by atoms with E-state index in [1.165, 1.54) is 22.7 Å². The van der Waals surface area contributed by atoms with Crippen molar-refractivity contribution in [2.45, 2.75) is 6.92 Å². The predicted octanol–water partition coefficient (Wildman–Crippen LogP) is 4.48. The summed E-state index contributed by atoms with van der Waals surface area (Å²) in [7, 11) is -3.79. The number of nitrogens with zero attached hydrogens (tertiary/aromatic N) is 1. The van der Waals surface area contributed by atoms with Crippen LogP contribution in [0.15, 0.2) is 47.4 Å². The van der Waals surface area contributed by atoms with Gasteiger partial charge >= 0.3 is 10.1 Å². The molecule has 152 valence electrons. The Balaban J connectivity index is 1.98. The van der Waals surface area contributed by atoms with Gasteiger partial charge in [0.15, 0.2) is 10.1 Å².